The Bertz CT molecular complexity index is 382. The van der Waals surface area contributed by atoms with E-state index in [4.69, 9.17) is 17.1 Å². The predicted octanol–water partition coefficient (Wildman–Crippen LogP) is 3.64. The van der Waals surface area contributed by atoms with Gasteiger partial charge in [0.15, 0.2) is 0 Å². The van der Waals surface area contributed by atoms with Gasteiger partial charge in [0.25, 0.3) is 0 Å². The zero-order valence-electron chi connectivity index (χ0n) is 6.94. The first-order valence-electron chi connectivity index (χ1n) is 4.14. The predicted molar refractivity (Wildman–Crippen MR) is 51.7 cm³/mol. The first-order valence-corrected chi connectivity index (χ1v) is 4.52. The summed E-state index contributed by atoms with van der Waals surface area (Å²) in [7, 11) is 0. The fraction of sp³-hybridized carbons (Fsp3) is 0.333. The Morgan fingerprint density at radius 1 is 1.54 bits per heavy atom. The van der Waals surface area contributed by atoms with Crippen molar-refractivity contribution in [1.82, 2.24) is 0 Å². The van der Waals surface area contributed by atoms with Crippen molar-refractivity contribution >= 4 is 11.6 Å². The molecule has 2 rings (SSSR count). The van der Waals surface area contributed by atoms with E-state index in [0.29, 0.717) is 0 Å². The van der Waals surface area contributed by atoms with E-state index in [1.54, 1.807) is 0 Å². The summed E-state index contributed by atoms with van der Waals surface area (Å²) in [5, 5.41) is 4.51. The third-order valence-electron chi connectivity index (χ3n) is 2.37. The Balaban J connectivity index is 2.48. The molecule has 1 aliphatic carbocycles. The van der Waals surface area contributed by atoms with Gasteiger partial charge in [0, 0.05) is 9.93 Å². The molecule has 3 nitrogen and oxygen atoms in total. The molecule has 0 heterocycles. The highest BCUT2D eigenvalue weighted by Gasteiger charge is 2.22. The summed E-state index contributed by atoms with van der Waals surface area (Å²) >= 11 is 6.00. The number of fused-ring (bicyclic) bond motifs is 1. The Kier molecular flexibility index (Phi) is 2.13. The molecular formula is C9H8ClN3. The molecule has 0 radical (unpaired) electrons. The molecule has 4 heteroatoms. The zero-order chi connectivity index (χ0) is 9.26. The van der Waals surface area contributed by atoms with Crippen LogP contribution in [-0.2, 0) is 6.42 Å². The topological polar surface area (TPSA) is 48.8 Å². The highest BCUT2D eigenvalue weighted by atomic mass is 35.5. The van der Waals surface area contributed by atoms with Gasteiger partial charge in [-0.3, -0.25) is 0 Å². The maximum Gasteiger partial charge on any atom is 0.0631 e. The van der Waals surface area contributed by atoms with Crippen molar-refractivity contribution in [2.24, 2.45) is 5.11 Å². The van der Waals surface area contributed by atoms with Crippen molar-refractivity contribution in [2.75, 3.05) is 0 Å². The minimum absolute atomic E-state index is 0.0151. The molecule has 0 bridgehead atoms. The number of rotatable bonds is 1. The van der Waals surface area contributed by atoms with E-state index in [9.17, 15) is 0 Å². The van der Waals surface area contributed by atoms with Crippen molar-refractivity contribution in [3.63, 3.8) is 0 Å². The summed E-state index contributed by atoms with van der Waals surface area (Å²) in [5.41, 5.74) is 10.6. The average molecular weight is 194 g/mol. The fourth-order valence-electron chi connectivity index (χ4n) is 1.77. The molecule has 0 N–H and O–H groups in total. The molecule has 1 atom stereocenters. The largest absolute Gasteiger partial charge is 0.0859 e. The molecule has 0 unspecified atom stereocenters. The Morgan fingerprint density at radius 2 is 2.38 bits per heavy atom. The molecule has 1 aliphatic rings. The quantitative estimate of drug-likeness (QED) is 0.372. The van der Waals surface area contributed by atoms with E-state index >= 15 is 0 Å². The van der Waals surface area contributed by atoms with Gasteiger partial charge in [-0.15, -0.1) is 0 Å². The summed E-state index contributed by atoms with van der Waals surface area (Å²) in [6.07, 6.45) is 1.79. The minimum Gasteiger partial charge on any atom is -0.0859 e. The Hall–Kier alpha value is -1.18. The van der Waals surface area contributed by atoms with Crippen LogP contribution in [0.5, 0.6) is 0 Å². The van der Waals surface area contributed by atoms with Crippen LogP contribution >= 0.6 is 11.6 Å². The van der Waals surface area contributed by atoms with Crippen LogP contribution in [-0.4, -0.2) is 0 Å². The molecule has 0 amide bonds. The first-order chi connectivity index (χ1) is 6.33. The van der Waals surface area contributed by atoms with Crippen molar-refractivity contribution in [3.8, 4) is 0 Å². The molecule has 0 spiro atoms. The van der Waals surface area contributed by atoms with Crippen LogP contribution in [0, 0.1) is 0 Å². The van der Waals surface area contributed by atoms with Gasteiger partial charge in [0.05, 0.1) is 6.04 Å². The third kappa shape index (κ3) is 1.37. The van der Waals surface area contributed by atoms with Crippen molar-refractivity contribution in [3.05, 3.63) is 44.8 Å². The molecule has 13 heavy (non-hydrogen) atoms. The van der Waals surface area contributed by atoms with Gasteiger partial charge in [-0.2, -0.15) is 0 Å². The van der Waals surface area contributed by atoms with Gasteiger partial charge in [-0.05, 0) is 35.6 Å². The standard InChI is InChI=1S/C9H8ClN3/c10-8-3-1-2-7-6(8)4-5-9(7)12-13-11/h1-3,9H,4-5H2/t9-/m1/s1. The van der Waals surface area contributed by atoms with Gasteiger partial charge in [-0.25, -0.2) is 0 Å². The maximum atomic E-state index is 8.35. The number of nitrogens with zero attached hydrogens (tertiary/aromatic N) is 3. The van der Waals surface area contributed by atoms with Crippen molar-refractivity contribution in [1.29, 1.82) is 0 Å². The third-order valence-corrected chi connectivity index (χ3v) is 2.73. The van der Waals surface area contributed by atoms with Crippen LogP contribution < -0.4 is 0 Å². The number of hydrogen-bond acceptors (Lipinski definition) is 1. The van der Waals surface area contributed by atoms with E-state index in [-0.39, 0.29) is 6.04 Å². The van der Waals surface area contributed by atoms with Gasteiger partial charge in [-0.1, -0.05) is 28.8 Å². The van der Waals surface area contributed by atoms with E-state index < -0.39 is 0 Å². The maximum absolute atomic E-state index is 8.35. The summed E-state index contributed by atoms with van der Waals surface area (Å²) in [4.78, 5) is 2.83. The summed E-state index contributed by atoms with van der Waals surface area (Å²) < 4.78 is 0. The number of halogens is 1. The van der Waals surface area contributed by atoms with Gasteiger partial charge >= 0.3 is 0 Å². The van der Waals surface area contributed by atoms with E-state index in [0.717, 1.165) is 29.0 Å². The second kappa shape index (κ2) is 3.29. The molecule has 1 aromatic carbocycles. The average Bonchev–Trinajstić information content (AvgIpc) is 2.51. The highest BCUT2D eigenvalue weighted by Crippen LogP contribution is 2.37. The molecule has 1 aromatic rings. The normalized spacial score (nSPS) is 19.3. The van der Waals surface area contributed by atoms with E-state index in [2.05, 4.69) is 10.0 Å². The lowest BCUT2D eigenvalue weighted by atomic mass is 10.1. The van der Waals surface area contributed by atoms with Crippen LogP contribution in [0.3, 0.4) is 0 Å². The minimum atomic E-state index is -0.0151. The van der Waals surface area contributed by atoms with Crippen LogP contribution in [0.4, 0.5) is 0 Å². The first kappa shape index (κ1) is 8.42. The Labute approximate surface area is 81.0 Å². The highest BCUT2D eigenvalue weighted by molar-refractivity contribution is 6.31. The summed E-state index contributed by atoms with van der Waals surface area (Å²) in [5.74, 6) is 0. The second-order valence-electron chi connectivity index (χ2n) is 3.07. The fourth-order valence-corrected chi connectivity index (χ4v) is 2.05. The van der Waals surface area contributed by atoms with Gasteiger partial charge in [0.1, 0.15) is 0 Å². The smallest absolute Gasteiger partial charge is 0.0631 e. The molecule has 0 aromatic heterocycles. The van der Waals surface area contributed by atoms with E-state index in [1.165, 1.54) is 0 Å². The van der Waals surface area contributed by atoms with Crippen molar-refractivity contribution in [2.45, 2.75) is 18.9 Å². The summed E-state index contributed by atoms with van der Waals surface area (Å²) in [6, 6.07) is 5.73. The van der Waals surface area contributed by atoms with Crippen molar-refractivity contribution < 1.29 is 0 Å². The molecule has 0 saturated heterocycles. The Morgan fingerprint density at radius 3 is 3.15 bits per heavy atom. The number of azide groups is 1. The number of hydrogen-bond donors (Lipinski definition) is 0. The lowest BCUT2D eigenvalue weighted by molar-refractivity contribution is 0.707. The second-order valence-corrected chi connectivity index (χ2v) is 3.47. The van der Waals surface area contributed by atoms with Gasteiger partial charge < -0.3 is 0 Å². The molecule has 0 aliphatic heterocycles. The summed E-state index contributed by atoms with van der Waals surface area (Å²) in [6.45, 7) is 0. The van der Waals surface area contributed by atoms with Crippen LogP contribution in [0.2, 0.25) is 5.02 Å². The van der Waals surface area contributed by atoms with Crippen LogP contribution in [0.25, 0.3) is 10.4 Å². The van der Waals surface area contributed by atoms with Crippen LogP contribution in [0.1, 0.15) is 23.6 Å². The van der Waals surface area contributed by atoms with E-state index in [1.807, 2.05) is 18.2 Å². The van der Waals surface area contributed by atoms with Crippen LogP contribution in [0.15, 0.2) is 23.3 Å². The monoisotopic (exact) mass is 193 g/mol. The zero-order valence-corrected chi connectivity index (χ0v) is 7.70. The molecule has 66 valence electrons. The lowest BCUT2D eigenvalue weighted by Crippen LogP contribution is -1.86. The van der Waals surface area contributed by atoms with Gasteiger partial charge in [0.2, 0.25) is 0 Å². The number of benzene rings is 1. The lowest BCUT2D eigenvalue weighted by Gasteiger charge is -2.03. The SMILES string of the molecule is [N-]=[N+]=N[C@@H]1CCc2c(Cl)cccc21. The molecule has 0 saturated carbocycles. The molecular weight excluding hydrogens is 186 g/mol. The molecule has 0 fully saturated rings.